The SMILES string of the molecule is O=C(CCc1cccs1)N1C[C@@H](O)[C@H](N2CCC(F)(F)CC2)C1. The molecule has 4 nitrogen and oxygen atoms in total. The van der Waals surface area contributed by atoms with Gasteiger partial charge in [0.05, 0.1) is 12.1 Å². The number of piperidine rings is 1. The Hall–Kier alpha value is -1.05. The average molecular weight is 344 g/mol. The molecular weight excluding hydrogens is 322 g/mol. The van der Waals surface area contributed by atoms with E-state index in [-0.39, 0.29) is 37.9 Å². The van der Waals surface area contributed by atoms with Gasteiger partial charge in [-0.15, -0.1) is 11.3 Å². The molecule has 1 N–H and O–H groups in total. The van der Waals surface area contributed by atoms with Crippen LogP contribution in [-0.4, -0.2) is 65.1 Å². The van der Waals surface area contributed by atoms with Crippen molar-refractivity contribution in [1.82, 2.24) is 9.80 Å². The number of amides is 1. The summed E-state index contributed by atoms with van der Waals surface area (Å²) < 4.78 is 26.5. The third-order valence-corrected chi connectivity index (χ3v) is 5.71. The second kappa shape index (κ2) is 6.83. The van der Waals surface area contributed by atoms with Gasteiger partial charge in [0.25, 0.3) is 5.92 Å². The standard InChI is InChI=1S/C16H22F2N2O2S/c17-16(18)5-7-19(8-6-16)13-10-20(11-14(13)21)15(22)4-3-12-2-1-9-23-12/h1-2,9,13-14,21H,3-8,10-11H2/t13-,14-/m1/s1. The molecule has 0 radical (unpaired) electrons. The molecule has 1 aromatic heterocycles. The Kier molecular flexibility index (Phi) is 4.98. The lowest BCUT2D eigenvalue weighted by Gasteiger charge is -2.36. The number of likely N-dealkylation sites (tertiary alicyclic amines) is 2. The van der Waals surface area contributed by atoms with Gasteiger partial charge in [0.2, 0.25) is 5.91 Å². The summed E-state index contributed by atoms with van der Waals surface area (Å²) in [6.07, 6.45) is 0.166. The van der Waals surface area contributed by atoms with Crippen molar-refractivity contribution < 1.29 is 18.7 Å². The summed E-state index contributed by atoms with van der Waals surface area (Å²) in [5, 5.41) is 12.2. The van der Waals surface area contributed by atoms with Crippen LogP contribution in [0.3, 0.4) is 0 Å². The molecule has 3 heterocycles. The van der Waals surface area contributed by atoms with Crippen molar-refractivity contribution in [3.05, 3.63) is 22.4 Å². The zero-order valence-electron chi connectivity index (χ0n) is 13.0. The van der Waals surface area contributed by atoms with Gasteiger partial charge in [-0.05, 0) is 17.9 Å². The van der Waals surface area contributed by atoms with Crippen LogP contribution in [0.25, 0.3) is 0 Å². The lowest BCUT2D eigenvalue weighted by atomic mass is 10.0. The molecule has 1 aromatic rings. The molecule has 0 unspecified atom stereocenters. The lowest BCUT2D eigenvalue weighted by molar-refractivity contribution is -0.130. The fraction of sp³-hybridized carbons (Fsp3) is 0.688. The highest BCUT2D eigenvalue weighted by molar-refractivity contribution is 7.09. The number of hydrogen-bond donors (Lipinski definition) is 1. The first-order chi connectivity index (χ1) is 10.9. The predicted molar refractivity (Wildman–Crippen MR) is 84.8 cm³/mol. The van der Waals surface area contributed by atoms with Crippen molar-refractivity contribution in [2.24, 2.45) is 0 Å². The summed E-state index contributed by atoms with van der Waals surface area (Å²) in [6, 6.07) is 3.76. The normalized spacial score (nSPS) is 28.2. The number of aliphatic hydroxyl groups is 1. The van der Waals surface area contributed by atoms with Gasteiger partial charge in [0.1, 0.15) is 0 Å². The van der Waals surface area contributed by atoms with E-state index in [4.69, 9.17) is 0 Å². The van der Waals surface area contributed by atoms with E-state index in [0.717, 1.165) is 0 Å². The number of carbonyl (C=O) groups excluding carboxylic acids is 1. The highest BCUT2D eigenvalue weighted by Gasteiger charge is 2.42. The van der Waals surface area contributed by atoms with Gasteiger partial charge >= 0.3 is 0 Å². The minimum Gasteiger partial charge on any atom is -0.390 e. The molecule has 3 rings (SSSR count). The Morgan fingerprint density at radius 1 is 1.35 bits per heavy atom. The number of hydrogen-bond acceptors (Lipinski definition) is 4. The number of alkyl halides is 2. The first kappa shape index (κ1) is 16.8. The van der Waals surface area contributed by atoms with Crippen molar-refractivity contribution in [3.63, 3.8) is 0 Å². The van der Waals surface area contributed by atoms with Gasteiger partial charge in [-0.1, -0.05) is 6.07 Å². The maximum absolute atomic E-state index is 13.2. The fourth-order valence-electron chi connectivity index (χ4n) is 3.36. The average Bonchev–Trinajstić information content (AvgIpc) is 3.14. The summed E-state index contributed by atoms with van der Waals surface area (Å²) in [5.41, 5.74) is 0. The molecule has 0 saturated carbocycles. The molecule has 2 atom stereocenters. The first-order valence-electron chi connectivity index (χ1n) is 8.05. The second-order valence-electron chi connectivity index (χ2n) is 6.40. The summed E-state index contributed by atoms with van der Waals surface area (Å²) in [7, 11) is 0. The zero-order valence-corrected chi connectivity index (χ0v) is 13.8. The monoisotopic (exact) mass is 344 g/mol. The van der Waals surface area contributed by atoms with Crippen molar-refractivity contribution >= 4 is 17.2 Å². The Morgan fingerprint density at radius 3 is 2.74 bits per heavy atom. The van der Waals surface area contributed by atoms with Crippen LogP contribution in [0, 0.1) is 0 Å². The molecule has 2 fully saturated rings. The van der Waals surface area contributed by atoms with Gasteiger partial charge in [-0.3, -0.25) is 9.69 Å². The Morgan fingerprint density at radius 2 is 2.09 bits per heavy atom. The van der Waals surface area contributed by atoms with Gasteiger partial charge in [-0.2, -0.15) is 0 Å². The van der Waals surface area contributed by atoms with E-state index in [0.29, 0.717) is 25.9 Å². The molecule has 0 bridgehead atoms. The van der Waals surface area contributed by atoms with E-state index in [1.165, 1.54) is 4.88 Å². The molecule has 2 saturated heterocycles. The number of aliphatic hydroxyl groups excluding tert-OH is 1. The first-order valence-corrected chi connectivity index (χ1v) is 8.93. The predicted octanol–water partition coefficient (Wildman–Crippen LogP) is 1.98. The molecule has 128 valence electrons. The molecule has 23 heavy (non-hydrogen) atoms. The minimum atomic E-state index is -2.59. The summed E-state index contributed by atoms with van der Waals surface area (Å²) in [4.78, 5) is 17.1. The number of β-amino-alcohol motifs (C(OH)–C–C–N with tert-alkyl or cyclic N) is 1. The number of aryl methyl sites for hydroxylation is 1. The maximum Gasteiger partial charge on any atom is 0.250 e. The van der Waals surface area contributed by atoms with Gasteiger partial charge in [0.15, 0.2) is 0 Å². The van der Waals surface area contributed by atoms with Crippen LogP contribution in [0.4, 0.5) is 8.78 Å². The smallest absolute Gasteiger partial charge is 0.250 e. The topological polar surface area (TPSA) is 43.8 Å². The quantitative estimate of drug-likeness (QED) is 0.908. The summed E-state index contributed by atoms with van der Waals surface area (Å²) in [5.74, 6) is -2.56. The molecule has 7 heteroatoms. The molecule has 0 aromatic carbocycles. The van der Waals surface area contributed by atoms with E-state index in [1.807, 2.05) is 22.4 Å². The fourth-order valence-corrected chi connectivity index (χ4v) is 4.07. The van der Waals surface area contributed by atoms with Crippen LogP contribution in [0.5, 0.6) is 0 Å². The summed E-state index contributed by atoms with van der Waals surface area (Å²) >= 11 is 1.63. The Labute approximate surface area is 138 Å². The number of nitrogens with zero attached hydrogens (tertiary/aromatic N) is 2. The lowest BCUT2D eigenvalue weighted by Crippen LogP contribution is -2.49. The third-order valence-electron chi connectivity index (χ3n) is 4.78. The number of thiophene rings is 1. The van der Waals surface area contributed by atoms with Crippen molar-refractivity contribution in [2.75, 3.05) is 26.2 Å². The highest BCUT2D eigenvalue weighted by Crippen LogP contribution is 2.30. The molecule has 2 aliphatic rings. The third kappa shape index (κ3) is 4.08. The minimum absolute atomic E-state index is 0.0299. The molecule has 1 amide bonds. The zero-order chi connectivity index (χ0) is 16.4. The van der Waals surface area contributed by atoms with Crippen LogP contribution >= 0.6 is 11.3 Å². The molecule has 0 aliphatic carbocycles. The van der Waals surface area contributed by atoms with Crippen LogP contribution < -0.4 is 0 Å². The Bertz CT molecular complexity index is 528. The van der Waals surface area contributed by atoms with Crippen LogP contribution in [0.15, 0.2) is 17.5 Å². The summed E-state index contributed by atoms with van der Waals surface area (Å²) in [6.45, 7) is 1.31. The van der Waals surface area contributed by atoms with E-state index < -0.39 is 12.0 Å². The van der Waals surface area contributed by atoms with Crippen molar-refractivity contribution in [1.29, 1.82) is 0 Å². The Balaban J connectivity index is 1.50. The molecular formula is C16H22F2N2O2S. The van der Waals surface area contributed by atoms with Gasteiger partial charge in [0, 0.05) is 50.3 Å². The van der Waals surface area contributed by atoms with E-state index in [2.05, 4.69) is 0 Å². The number of carbonyl (C=O) groups is 1. The molecule has 0 spiro atoms. The van der Waals surface area contributed by atoms with E-state index in [9.17, 15) is 18.7 Å². The maximum atomic E-state index is 13.2. The largest absolute Gasteiger partial charge is 0.390 e. The van der Waals surface area contributed by atoms with Gasteiger partial charge < -0.3 is 10.0 Å². The molecule has 2 aliphatic heterocycles. The van der Waals surface area contributed by atoms with Crippen LogP contribution in [0.1, 0.15) is 24.1 Å². The van der Waals surface area contributed by atoms with Crippen LogP contribution in [-0.2, 0) is 11.2 Å². The van der Waals surface area contributed by atoms with Crippen LogP contribution in [0.2, 0.25) is 0 Å². The second-order valence-corrected chi connectivity index (χ2v) is 7.44. The van der Waals surface area contributed by atoms with Crippen molar-refractivity contribution in [3.8, 4) is 0 Å². The highest BCUT2D eigenvalue weighted by atomic mass is 32.1. The van der Waals surface area contributed by atoms with E-state index in [1.54, 1.807) is 16.2 Å². The number of rotatable bonds is 4. The van der Waals surface area contributed by atoms with E-state index >= 15 is 0 Å². The van der Waals surface area contributed by atoms with Crippen molar-refractivity contribution in [2.45, 2.75) is 43.8 Å². The van der Waals surface area contributed by atoms with Gasteiger partial charge in [-0.25, -0.2) is 8.78 Å². The number of halogens is 2.